The van der Waals surface area contributed by atoms with Gasteiger partial charge in [0, 0.05) is 23.8 Å². The van der Waals surface area contributed by atoms with Gasteiger partial charge in [0.15, 0.2) is 0 Å². The molecule has 2 aliphatic rings. The molecule has 3 heteroatoms. The minimum absolute atomic E-state index is 0.174. The third kappa shape index (κ3) is 2.84. The molecule has 0 aliphatic heterocycles. The number of alkyl halides is 1. The molecule has 0 aromatic rings. The van der Waals surface area contributed by atoms with E-state index in [1.165, 1.54) is 38.5 Å². The Labute approximate surface area is 116 Å². The van der Waals surface area contributed by atoms with Gasteiger partial charge < -0.3 is 5.32 Å². The Morgan fingerprint density at radius 3 is 2.39 bits per heavy atom. The van der Waals surface area contributed by atoms with Crippen LogP contribution in [0.1, 0.15) is 58.8 Å². The lowest BCUT2D eigenvalue weighted by Gasteiger charge is -2.30. The van der Waals surface area contributed by atoms with Crippen LogP contribution in [-0.4, -0.2) is 18.3 Å². The zero-order valence-electron chi connectivity index (χ0n) is 11.7. The topological polar surface area (TPSA) is 29.1 Å². The van der Waals surface area contributed by atoms with Crippen LogP contribution in [0.2, 0.25) is 0 Å². The van der Waals surface area contributed by atoms with Crippen LogP contribution in [0.15, 0.2) is 0 Å². The van der Waals surface area contributed by atoms with Gasteiger partial charge in [-0.2, -0.15) is 0 Å². The minimum Gasteiger partial charge on any atom is -0.355 e. The van der Waals surface area contributed by atoms with Crippen LogP contribution in [0.25, 0.3) is 0 Å². The monoisotopic (exact) mass is 271 g/mol. The lowest BCUT2D eigenvalue weighted by Crippen LogP contribution is -2.42. The number of hydrogen-bond acceptors (Lipinski definition) is 1. The Balaban J connectivity index is 1.88. The molecule has 1 N–H and O–H groups in total. The first-order valence-electron chi connectivity index (χ1n) is 7.33. The molecule has 0 heterocycles. The third-order valence-electron chi connectivity index (χ3n) is 5.16. The van der Waals surface area contributed by atoms with Crippen molar-refractivity contribution in [1.82, 2.24) is 5.32 Å². The van der Waals surface area contributed by atoms with E-state index in [0.717, 1.165) is 13.0 Å². The largest absolute Gasteiger partial charge is 0.355 e. The summed E-state index contributed by atoms with van der Waals surface area (Å²) in [6.07, 6.45) is 8.27. The van der Waals surface area contributed by atoms with Crippen molar-refractivity contribution in [3.05, 3.63) is 0 Å². The van der Waals surface area contributed by atoms with Crippen molar-refractivity contribution < 1.29 is 4.79 Å². The van der Waals surface area contributed by atoms with Gasteiger partial charge in [0.05, 0.1) is 0 Å². The van der Waals surface area contributed by atoms with E-state index >= 15 is 0 Å². The van der Waals surface area contributed by atoms with Crippen LogP contribution in [-0.2, 0) is 4.79 Å². The van der Waals surface area contributed by atoms with Gasteiger partial charge in [0.2, 0.25) is 5.91 Å². The van der Waals surface area contributed by atoms with Crippen molar-refractivity contribution in [3.8, 4) is 0 Å². The predicted octanol–water partition coefficient (Wildman–Crippen LogP) is 3.73. The van der Waals surface area contributed by atoms with Gasteiger partial charge in [-0.05, 0) is 31.1 Å². The van der Waals surface area contributed by atoms with Crippen LogP contribution in [0.4, 0.5) is 0 Å². The molecule has 0 aromatic carbocycles. The molecule has 1 unspecified atom stereocenters. The van der Waals surface area contributed by atoms with Crippen molar-refractivity contribution in [3.63, 3.8) is 0 Å². The maximum absolute atomic E-state index is 12.3. The maximum atomic E-state index is 12.3. The number of rotatable bonds is 4. The highest BCUT2D eigenvalue weighted by Gasteiger charge is 2.40. The highest BCUT2D eigenvalue weighted by atomic mass is 35.5. The summed E-state index contributed by atoms with van der Waals surface area (Å²) in [5, 5.41) is 3.19. The molecule has 2 fully saturated rings. The number of halogens is 1. The summed E-state index contributed by atoms with van der Waals surface area (Å²) in [7, 11) is 0. The van der Waals surface area contributed by atoms with Gasteiger partial charge in [0.1, 0.15) is 0 Å². The molecular weight excluding hydrogens is 246 g/mol. The lowest BCUT2D eigenvalue weighted by atomic mass is 9.81. The fraction of sp³-hybridized carbons (Fsp3) is 0.933. The van der Waals surface area contributed by atoms with E-state index < -0.39 is 0 Å². The molecule has 0 spiro atoms. The van der Waals surface area contributed by atoms with Gasteiger partial charge in [-0.3, -0.25) is 4.79 Å². The fourth-order valence-electron chi connectivity index (χ4n) is 3.69. The highest BCUT2D eigenvalue weighted by molar-refractivity contribution is 6.18. The zero-order valence-corrected chi connectivity index (χ0v) is 12.5. The van der Waals surface area contributed by atoms with E-state index in [1.54, 1.807) is 0 Å². The molecule has 18 heavy (non-hydrogen) atoms. The summed E-state index contributed by atoms with van der Waals surface area (Å²) < 4.78 is 0. The normalized spacial score (nSPS) is 29.4. The standard InChI is InChI=1S/C15H26ClNO/c1-14(2)7-5-6-12(14)13(18)17-11-15(10-16)8-3-4-9-15/h12H,3-11H2,1-2H3,(H,17,18). The molecule has 104 valence electrons. The van der Waals surface area contributed by atoms with Crippen LogP contribution in [0, 0.1) is 16.7 Å². The summed E-state index contributed by atoms with van der Waals surface area (Å²) in [6.45, 7) is 5.22. The fourth-order valence-corrected chi connectivity index (χ4v) is 4.05. The smallest absolute Gasteiger partial charge is 0.223 e. The van der Waals surface area contributed by atoms with Gasteiger partial charge >= 0.3 is 0 Å². The molecular formula is C15H26ClNO. The van der Waals surface area contributed by atoms with Crippen molar-refractivity contribution in [2.24, 2.45) is 16.7 Å². The maximum Gasteiger partial charge on any atom is 0.223 e. The van der Waals surface area contributed by atoms with Gasteiger partial charge in [0.25, 0.3) is 0 Å². The molecule has 2 saturated carbocycles. The van der Waals surface area contributed by atoms with Crippen LogP contribution in [0.5, 0.6) is 0 Å². The molecule has 2 aliphatic carbocycles. The minimum atomic E-state index is 0.174. The Kier molecular flexibility index (Phi) is 4.25. The summed E-state index contributed by atoms with van der Waals surface area (Å²) >= 11 is 6.11. The average Bonchev–Trinajstić information content (AvgIpc) is 2.93. The van der Waals surface area contributed by atoms with Gasteiger partial charge in [-0.25, -0.2) is 0 Å². The molecule has 0 bridgehead atoms. The summed E-state index contributed by atoms with van der Waals surface area (Å²) in [4.78, 5) is 12.3. The first kappa shape index (κ1) is 14.2. The van der Waals surface area contributed by atoms with Crippen molar-refractivity contribution in [1.29, 1.82) is 0 Å². The number of carbonyl (C=O) groups is 1. The SMILES string of the molecule is CC1(C)CCCC1C(=O)NCC1(CCl)CCCC1. The van der Waals surface area contributed by atoms with Gasteiger partial charge in [-0.15, -0.1) is 11.6 Å². The number of amides is 1. The van der Waals surface area contributed by atoms with Crippen molar-refractivity contribution in [2.75, 3.05) is 12.4 Å². The second kappa shape index (κ2) is 5.40. The Morgan fingerprint density at radius 2 is 1.89 bits per heavy atom. The molecule has 0 saturated heterocycles. The van der Waals surface area contributed by atoms with E-state index in [-0.39, 0.29) is 22.7 Å². The van der Waals surface area contributed by atoms with Crippen molar-refractivity contribution >= 4 is 17.5 Å². The van der Waals surface area contributed by atoms with Gasteiger partial charge in [-0.1, -0.05) is 33.1 Å². The molecule has 0 radical (unpaired) electrons. The van der Waals surface area contributed by atoms with E-state index in [1.807, 2.05) is 0 Å². The molecule has 1 atom stereocenters. The molecule has 2 nitrogen and oxygen atoms in total. The summed E-state index contributed by atoms with van der Waals surface area (Å²) in [5.74, 6) is 1.14. The average molecular weight is 272 g/mol. The zero-order chi connectivity index (χ0) is 13.2. The molecule has 0 aromatic heterocycles. The highest BCUT2D eigenvalue weighted by Crippen LogP contribution is 2.43. The second-order valence-electron chi connectivity index (χ2n) is 6.99. The number of hydrogen-bond donors (Lipinski definition) is 1. The van der Waals surface area contributed by atoms with Crippen LogP contribution >= 0.6 is 11.6 Å². The lowest BCUT2D eigenvalue weighted by molar-refractivity contribution is -0.128. The van der Waals surface area contributed by atoms with Crippen LogP contribution in [0.3, 0.4) is 0 Å². The van der Waals surface area contributed by atoms with Crippen molar-refractivity contribution in [2.45, 2.75) is 58.8 Å². The molecule has 2 rings (SSSR count). The van der Waals surface area contributed by atoms with E-state index in [2.05, 4.69) is 19.2 Å². The predicted molar refractivity (Wildman–Crippen MR) is 75.8 cm³/mol. The number of carbonyl (C=O) groups excluding carboxylic acids is 1. The van der Waals surface area contributed by atoms with E-state index in [4.69, 9.17) is 11.6 Å². The Hall–Kier alpha value is -0.240. The van der Waals surface area contributed by atoms with E-state index in [9.17, 15) is 4.79 Å². The second-order valence-corrected chi connectivity index (χ2v) is 7.26. The first-order valence-corrected chi connectivity index (χ1v) is 7.86. The van der Waals surface area contributed by atoms with Crippen LogP contribution < -0.4 is 5.32 Å². The summed E-state index contributed by atoms with van der Waals surface area (Å²) in [6, 6.07) is 0. The number of nitrogens with one attached hydrogen (secondary N) is 1. The Morgan fingerprint density at radius 1 is 1.22 bits per heavy atom. The first-order chi connectivity index (χ1) is 8.49. The molecule has 1 amide bonds. The Bertz CT molecular complexity index is 308. The summed E-state index contributed by atoms with van der Waals surface area (Å²) in [5.41, 5.74) is 0.355. The third-order valence-corrected chi connectivity index (χ3v) is 5.73. The quantitative estimate of drug-likeness (QED) is 0.776. The van der Waals surface area contributed by atoms with E-state index in [0.29, 0.717) is 5.88 Å².